The van der Waals surface area contributed by atoms with E-state index in [1.165, 1.54) is 29.5 Å². The lowest BCUT2D eigenvalue weighted by molar-refractivity contribution is -0.384. The zero-order valence-electron chi connectivity index (χ0n) is 12.5. The highest BCUT2D eigenvalue weighted by molar-refractivity contribution is 7.09. The van der Waals surface area contributed by atoms with Crippen LogP contribution >= 0.6 is 11.3 Å². The number of thiazole rings is 1. The van der Waals surface area contributed by atoms with E-state index in [1.807, 2.05) is 12.3 Å². The third kappa shape index (κ3) is 5.51. The SMILES string of the molecule is Cc1nc(/C=C/C(=O)NCCNc2ccc([N+](=O)[O-])cc2)cs1. The number of aromatic nitrogens is 1. The van der Waals surface area contributed by atoms with Crippen LogP contribution in [0.25, 0.3) is 6.08 Å². The van der Waals surface area contributed by atoms with Gasteiger partial charge in [-0.25, -0.2) is 4.98 Å². The molecule has 2 aromatic rings. The minimum Gasteiger partial charge on any atom is -0.383 e. The second kappa shape index (κ2) is 8.04. The Morgan fingerprint density at radius 1 is 1.35 bits per heavy atom. The topological polar surface area (TPSA) is 97.2 Å². The second-order valence-corrected chi connectivity index (χ2v) is 5.71. The Bertz CT molecular complexity index is 710. The molecule has 0 saturated heterocycles. The largest absolute Gasteiger partial charge is 0.383 e. The van der Waals surface area contributed by atoms with Gasteiger partial charge in [-0.1, -0.05) is 0 Å². The van der Waals surface area contributed by atoms with Crippen molar-refractivity contribution >= 4 is 34.7 Å². The van der Waals surface area contributed by atoms with Crippen LogP contribution in [-0.2, 0) is 4.79 Å². The molecule has 0 atom stereocenters. The normalized spacial score (nSPS) is 10.7. The predicted octanol–water partition coefficient (Wildman–Crippen LogP) is 2.60. The second-order valence-electron chi connectivity index (χ2n) is 4.65. The number of amides is 1. The van der Waals surface area contributed by atoms with Gasteiger partial charge in [-0.15, -0.1) is 11.3 Å². The lowest BCUT2D eigenvalue weighted by Crippen LogP contribution is -2.27. The van der Waals surface area contributed by atoms with Crippen molar-refractivity contribution in [3.05, 3.63) is 56.5 Å². The van der Waals surface area contributed by atoms with Crippen LogP contribution in [0.3, 0.4) is 0 Å². The summed E-state index contributed by atoms with van der Waals surface area (Å²) in [5, 5.41) is 19.2. The Labute approximate surface area is 137 Å². The maximum Gasteiger partial charge on any atom is 0.269 e. The molecule has 1 aromatic heterocycles. The van der Waals surface area contributed by atoms with Crippen molar-refractivity contribution in [1.82, 2.24) is 10.3 Å². The molecule has 2 N–H and O–H groups in total. The van der Waals surface area contributed by atoms with Crippen LogP contribution in [0.2, 0.25) is 0 Å². The molecule has 7 nitrogen and oxygen atoms in total. The van der Waals surface area contributed by atoms with Gasteiger partial charge >= 0.3 is 0 Å². The lowest BCUT2D eigenvalue weighted by Gasteiger charge is -2.06. The summed E-state index contributed by atoms with van der Waals surface area (Å²) in [6.45, 7) is 2.87. The Hall–Kier alpha value is -2.74. The summed E-state index contributed by atoms with van der Waals surface area (Å²) in [6, 6.07) is 6.12. The molecule has 0 aliphatic carbocycles. The number of anilines is 1. The van der Waals surface area contributed by atoms with E-state index in [0.29, 0.717) is 13.1 Å². The smallest absolute Gasteiger partial charge is 0.269 e. The molecule has 23 heavy (non-hydrogen) atoms. The molecule has 1 aromatic carbocycles. The van der Waals surface area contributed by atoms with Crippen molar-refractivity contribution < 1.29 is 9.72 Å². The number of nitro benzene ring substituents is 1. The summed E-state index contributed by atoms with van der Waals surface area (Å²) in [5.41, 5.74) is 1.58. The molecule has 0 fully saturated rings. The van der Waals surface area contributed by atoms with Gasteiger partial charge in [-0.3, -0.25) is 14.9 Å². The average Bonchev–Trinajstić information content (AvgIpc) is 2.95. The number of rotatable bonds is 7. The minimum atomic E-state index is -0.444. The number of aryl methyl sites for hydroxylation is 1. The van der Waals surface area contributed by atoms with Gasteiger partial charge in [-0.05, 0) is 25.1 Å². The molecule has 0 radical (unpaired) electrons. The van der Waals surface area contributed by atoms with Crippen LogP contribution in [0.15, 0.2) is 35.7 Å². The fourth-order valence-corrected chi connectivity index (χ4v) is 2.35. The molecule has 1 amide bonds. The molecule has 0 saturated carbocycles. The maximum atomic E-state index is 11.6. The molecule has 0 unspecified atom stereocenters. The van der Waals surface area contributed by atoms with Crippen LogP contribution in [0, 0.1) is 17.0 Å². The van der Waals surface area contributed by atoms with Crippen LogP contribution in [0.1, 0.15) is 10.7 Å². The van der Waals surface area contributed by atoms with Crippen LogP contribution in [0.5, 0.6) is 0 Å². The number of carbonyl (C=O) groups is 1. The fourth-order valence-electron chi connectivity index (χ4n) is 1.77. The van der Waals surface area contributed by atoms with Crippen molar-refractivity contribution in [2.75, 3.05) is 18.4 Å². The van der Waals surface area contributed by atoms with Gasteiger partial charge in [0.05, 0.1) is 15.6 Å². The van der Waals surface area contributed by atoms with E-state index >= 15 is 0 Å². The van der Waals surface area contributed by atoms with Crippen molar-refractivity contribution in [1.29, 1.82) is 0 Å². The van der Waals surface area contributed by atoms with Crippen LogP contribution < -0.4 is 10.6 Å². The minimum absolute atomic E-state index is 0.0475. The van der Waals surface area contributed by atoms with Crippen LogP contribution in [-0.4, -0.2) is 28.9 Å². The first kappa shape index (κ1) is 16.6. The molecule has 120 valence electrons. The van der Waals surface area contributed by atoms with E-state index in [0.717, 1.165) is 16.4 Å². The van der Waals surface area contributed by atoms with Gasteiger partial charge < -0.3 is 10.6 Å². The van der Waals surface area contributed by atoms with Crippen molar-refractivity contribution in [2.45, 2.75) is 6.92 Å². The average molecular weight is 332 g/mol. The summed E-state index contributed by atoms with van der Waals surface area (Å²) in [6.07, 6.45) is 3.11. The Morgan fingerprint density at radius 2 is 2.09 bits per heavy atom. The van der Waals surface area contributed by atoms with Gasteiger partial charge in [0.15, 0.2) is 0 Å². The van der Waals surface area contributed by atoms with Crippen LogP contribution in [0.4, 0.5) is 11.4 Å². The van der Waals surface area contributed by atoms with Gasteiger partial charge in [-0.2, -0.15) is 0 Å². The van der Waals surface area contributed by atoms with Crippen molar-refractivity contribution in [3.8, 4) is 0 Å². The molecule has 0 aliphatic heterocycles. The van der Waals surface area contributed by atoms with E-state index in [-0.39, 0.29) is 11.6 Å². The fraction of sp³-hybridized carbons (Fsp3) is 0.200. The predicted molar refractivity (Wildman–Crippen MR) is 90.5 cm³/mol. The summed E-state index contributed by atoms with van der Waals surface area (Å²) in [5.74, 6) is -0.193. The monoisotopic (exact) mass is 332 g/mol. The summed E-state index contributed by atoms with van der Waals surface area (Å²) < 4.78 is 0. The lowest BCUT2D eigenvalue weighted by atomic mass is 10.3. The highest BCUT2D eigenvalue weighted by Gasteiger charge is 2.03. The zero-order valence-corrected chi connectivity index (χ0v) is 13.3. The first-order valence-corrected chi connectivity index (χ1v) is 7.79. The molecule has 0 aliphatic rings. The third-order valence-electron chi connectivity index (χ3n) is 2.87. The number of non-ortho nitro benzene ring substituents is 1. The highest BCUT2D eigenvalue weighted by Crippen LogP contribution is 2.14. The Morgan fingerprint density at radius 3 is 2.70 bits per heavy atom. The first-order valence-electron chi connectivity index (χ1n) is 6.91. The van der Waals surface area contributed by atoms with Crippen molar-refractivity contribution in [3.63, 3.8) is 0 Å². The summed E-state index contributed by atoms with van der Waals surface area (Å²) >= 11 is 1.53. The van der Waals surface area contributed by atoms with Gasteiger partial charge in [0.2, 0.25) is 5.91 Å². The number of hydrogen-bond acceptors (Lipinski definition) is 6. The Balaban J connectivity index is 1.69. The number of hydrogen-bond donors (Lipinski definition) is 2. The van der Waals surface area contributed by atoms with Gasteiger partial charge in [0.25, 0.3) is 5.69 Å². The maximum absolute atomic E-state index is 11.6. The van der Waals surface area contributed by atoms with Gasteiger partial charge in [0, 0.05) is 42.4 Å². The molecule has 1 heterocycles. The van der Waals surface area contributed by atoms with E-state index in [9.17, 15) is 14.9 Å². The highest BCUT2D eigenvalue weighted by atomic mass is 32.1. The molecular weight excluding hydrogens is 316 g/mol. The number of nitrogens with one attached hydrogen (secondary N) is 2. The first-order chi connectivity index (χ1) is 11.0. The number of benzene rings is 1. The Kier molecular flexibility index (Phi) is 5.81. The van der Waals surface area contributed by atoms with E-state index in [4.69, 9.17) is 0 Å². The molecule has 0 bridgehead atoms. The van der Waals surface area contributed by atoms with E-state index in [1.54, 1.807) is 18.2 Å². The summed E-state index contributed by atoms with van der Waals surface area (Å²) in [4.78, 5) is 26.0. The molecular formula is C15H16N4O3S. The molecule has 0 spiro atoms. The third-order valence-corrected chi connectivity index (χ3v) is 3.67. The number of nitro groups is 1. The molecule has 8 heteroatoms. The van der Waals surface area contributed by atoms with E-state index in [2.05, 4.69) is 15.6 Å². The summed E-state index contributed by atoms with van der Waals surface area (Å²) in [7, 11) is 0. The standard InChI is InChI=1S/C15H16N4O3S/c1-11-18-13(10-23-11)4-7-15(20)17-9-8-16-12-2-5-14(6-3-12)19(21)22/h2-7,10,16H,8-9H2,1H3,(H,17,20)/b7-4+. The van der Waals surface area contributed by atoms with Gasteiger partial charge in [0.1, 0.15) is 0 Å². The quantitative estimate of drug-likeness (QED) is 0.351. The zero-order chi connectivity index (χ0) is 16.7. The number of carbonyl (C=O) groups excluding carboxylic acids is 1. The molecule has 2 rings (SSSR count). The number of nitrogens with zero attached hydrogens (tertiary/aromatic N) is 2. The van der Waals surface area contributed by atoms with E-state index < -0.39 is 4.92 Å². The van der Waals surface area contributed by atoms with Crippen molar-refractivity contribution in [2.24, 2.45) is 0 Å².